The van der Waals surface area contributed by atoms with Gasteiger partial charge in [0.05, 0.1) is 6.61 Å². The summed E-state index contributed by atoms with van der Waals surface area (Å²) in [7, 11) is -9.17. The predicted octanol–water partition coefficient (Wildman–Crippen LogP) is 1.85. The number of allylic oxidation sites excluding steroid dienone is 2. The van der Waals surface area contributed by atoms with Crippen molar-refractivity contribution in [2.75, 3.05) is 6.61 Å². The summed E-state index contributed by atoms with van der Waals surface area (Å²) in [6.45, 7) is 2.33. The third-order valence-electron chi connectivity index (χ3n) is 3.89. The van der Waals surface area contributed by atoms with Crippen LogP contribution in [0.1, 0.15) is 96.8 Å². The second kappa shape index (κ2) is 23.1. The van der Waals surface area contributed by atoms with E-state index in [0.717, 1.165) is 12.8 Å². The molecule has 0 aliphatic heterocycles. The van der Waals surface area contributed by atoms with E-state index in [4.69, 9.17) is 22.1 Å². The van der Waals surface area contributed by atoms with Crippen LogP contribution in [0.15, 0.2) is 12.2 Å². The first-order valence-electron chi connectivity index (χ1n) is 10.0. The molecule has 0 aliphatic carbocycles. The summed E-state index contributed by atoms with van der Waals surface area (Å²) in [4.78, 5) is 0. The fraction of sp³-hybridized carbons (Fsp3) is 0.889. The molecule has 0 spiro atoms. The van der Waals surface area contributed by atoms with Gasteiger partial charge < -0.3 is 4.55 Å². The van der Waals surface area contributed by atoms with Gasteiger partial charge in [0.25, 0.3) is 0 Å². The molecule has 0 unspecified atom stereocenters. The van der Waals surface area contributed by atoms with Crippen LogP contribution in [0.3, 0.4) is 0 Å². The van der Waals surface area contributed by atoms with Crippen LogP contribution < -0.4 is 29.6 Å². The van der Waals surface area contributed by atoms with E-state index < -0.39 is 20.8 Å². The van der Waals surface area contributed by atoms with Gasteiger partial charge in [-0.05, 0) is 32.1 Å². The number of rotatable bonds is 17. The molecule has 0 atom stereocenters. The third kappa shape index (κ3) is 47.6. The molecule has 0 radical (unpaired) electrons. The van der Waals surface area contributed by atoms with Gasteiger partial charge in [-0.3, -0.25) is 9.11 Å². The monoisotopic (exact) mass is 468 g/mol. The molecular formula is C18H37NaO8S2. The molecule has 0 aliphatic rings. The summed E-state index contributed by atoms with van der Waals surface area (Å²) in [5.41, 5.74) is 0. The molecule has 0 saturated heterocycles. The second-order valence-corrected chi connectivity index (χ2v) is 8.56. The molecule has 0 saturated carbocycles. The van der Waals surface area contributed by atoms with Gasteiger partial charge in [-0.1, -0.05) is 76.9 Å². The Morgan fingerprint density at radius 3 is 1.45 bits per heavy atom. The van der Waals surface area contributed by atoms with Crippen LogP contribution >= 0.6 is 0 Å². The average Bonchev–Trinajstić information content (AvgIpc) is 2.55. The summed E-state index contributed by atoms with van der Waals surface area (Å²) in [5, 5.41) is 0. The Morgan fingerprint density at radius 1 is 0.724 bits per heavy atom. The molecule has 0 bridgehead atoms. The molecule has 8 nitrogen and oxygen atoms in total. The van der Waals surface area contributed by atoms with E-state index in [9.17, 15) is 8.42 Å². The first kappa shape index (κ1) is 34.1. The van der Waals surface area contributed by atoms with Gasteiger partial charge in [-0.2, -0.15) is 8.42 Å². The molecule has 0 rings (SSSR count). The van der Waals surface area contributed by atoms with Crippen LogP contribution in [0.4, 0.5) is 0 Å². The summed E-state index contributed by atoms with van der Waals surface area (Å²) in [5.74, 6) is 0. The number of hydrogen-bond acceptors (Lipinski definition) is 6. The summed E-state index contributed by atoms with van der Waals surface area (Å²) < 4.78 is 66.1. The van der Waals surface area contributed by atoms with Crippen molar-refractivity contribution in [3.8, 4) is 0 Å². The van der Waals surface area contributed by atoms with Crippen molar-refractivity contribution >= 4 is 20.8 Å². The van der Waals surface area contributed by atoms with E-state index in [-0.39, 0.29) is 36.2 Å². The molecule has 29 heavy (non-hydrogen) atoms. The van der Waals surface area contributed by atoms with E-state index in [2.05, 4.69) is 23.3 Å². The third-order valence-corrected chi connectivity index (χ3v) is 4.35. The largest absolute Gasteiger partial charge is 1.00 e. The van der Waals surface area contributed by atoms with Crippen LogP contribution in [0, 0.1) is 0 Å². The second-order valence-electron chi connectivity index (χ2n) is 6.62. The van der Waals surface area contributed by atoms with Crippen LogP contribution in [-0.4, -0.2) is 37.1 Å². The zero-order valence-corrected chi connectivity index (χ0v) is 21.6. The van der Waals surface area contributed by atoms with E-state index >= 15 is 0 Å². The summed E-state index contributed by atoms with van der Waals surface area (Å²) in [6, 6.07) is 0. The molecule has 170 valence electrons. The fourth-order valence-electron chi connectivity index (χ4n) is 2.51. The van der Waals surface area contributed by atoms with E-state index in [1.54, 1.807) is 0 Å². The molecule has 0 aromatic heterocycles. The van der Waals surface area contributed by atoms with E-state index in [1.165, 1.54) is 70.6 Å². The van der Waals surface area contributed by atoms with Crippen LogP contribution in [-0.2, 0) is 25.0 Å². The average molecular weight is 469 g/mol. The molecule has 0 fully saturated rings. The standard InChI is InChI=1S/C18H36O4S.Na.H2O4S/c1-2-3-4-5-6-7-8-9-10-11-12-13-14-15-16-17-18-22-23(19,20)21;;1-5(2,3)4/h9-10H,2-8,11-18H2,1H3,(H,19,20,21);;(H2,1,2,3,4)/q;+1;/p-1. The van der Waals surface area contributed by atoms with Crippen molar-refractivity contribution < 1.29 is 64.2 Å². The quantitative estimate of drug-likeness (QED) is 0.108. The van der Waals surface area contributed by atoms with Gasteiger partial charge in [-0.25, -0.2) is 12.6 Å². The van der Waals surface area contributed by atoms with E-state index in [1.807, 2.05) is 0 Å². The maximum atomic E-state index is 10.3. The van der Waals surface area contributed by atoms with Gasteiger partial charge in [0.15, 0.2) is 0 Å². The Bertz CT molecular complexity index is 554. The Hall–Kier alpha value is 0.480. The van der Waals surface area contributed by atoms with Crippen molar-refractivity contribution in [1.29, 1.82) is 0 Å². The Morgan fingerprint density at radius 2 is 1.07 bits per heavy atom. The van der Waals surface area contributed by atoms with Gasteiger partial charge >= 0.3 is 40.0 Å². The fourth-order valence-corrected chi connectivity index (χ4v) is 2.84. The van der Waals surface area contributed by atoms with Crippen molar-refractivity contribution in [2.45, 2.75) is 96.8 Å². The smallest absolute Gasteiger partial charge is 0.726 e. The van der Waals surface area contributed by atoms with Crippen LogP contribution in [0.2, 0.25) is 0 Å². The van der Waals surface area contributed by atoms with Crippen molar-refractivity contribution in [2.24, 2.45) is 0 Å². The number of unbranched alkanes of at least 4 members (excludes halogenated alkanes) is 12. The Kier molecular flexibility index (Phi) is 27.2. The SMILES string of the molecule is CCCCCCCCC=CCCCCCCCCOS(=O)(=O)O.O=S(=O)([O-])O.[Na+]. The minimum Gasteiger partial charge on any atom is -0.726 e. The Labute approximate surface area is 199 Å². The van der Waals surface area contributed by atoms with Gasteiger partial charge in [0.2, 0.25) is 10.4 Å². The van der Waals surface area contributed by atoms with Gasteiger partial charge in [-0.15, -0.1) is 0 Å². The molecule has 0 aromatic rings. The minimum absolute atomic E-state index is 0. The zero-order chi connectivity index (χ0) is 21.7. The molecule has 11 heteroatoms. The molecule has 0 amide bonds. The topological polar surface area (TPSA) is 141 Å². The molecular weight excluding hydrogens is 431 g/mol. The molecule has 0 heterocycles. The maximum absolute atomic E-state index is 10.3. The maximum Gasteiger partial charge on any atom is 1.00 e. The minimum atomic E-state index is -4.92. The van der Waals surface area contributed by atoms with Crippen molar-refractivity contribution in [3.63, 3.8) is 0 Å². The van der Waals surface area contributed by atoms with Crippen molar-refractivity contribution in [1.82, 2.24) is 0 Å². The zero-order valence-electron chi connectivity index (χ0n) is 17.9. The Balaban J connectivity index is -0.000000997. The van der Waals surface area contributed by atoms with E-state index in [0.29, 0.717) is 6.42 Å². The molecule has 0 aromatic carbocycles. The van der Waals surface area contributed by atoms with Crippen LogP contribution in [0.25, 0.3) is 0 Å². The first-order chi connectivity index (χ1) is 13.1. The normalized spacial score (nSPS) is 11.7. The summed E-state index contributed by atoms with van der Waals surface area (Å²) in [6.07, 6.45) is 21.5. The predicted molar refractivity (Wildman–Crippen MR) is 109 cm³/mol. The number of hydrogen-bond donors (Lipinski definition) is 2. The van der Waals surface area contributed by atoms with Crippen LogP contribution in [0.5, 0.6) is 0 Å². The van der Waals surface area contributed by atoms with Gasteiger partial charge in [0, 0.05) is 0 Å². The summed E-state index contributed by atoms with van der Waals surface area (Å²) >= 11 is 0. The van der Waals surface area contributed by atoms with Crippen molar-refractivity contribution in [3.05, 3.63) is 12.2 Å². The van der Waals surface area contributed by atoms with Gasteiger partial charge in [0.1, 0.15) is 0 Å². The molecule has 2 N–H and O–H groups in total. The first-order valence-corrected chi connectivity index (χ1v) is 12.7.